The Labute approximate surface area is 162 Å². The smallest absolute Gasteiger partial charge is 0.319 e. The zero-order chi connectivity index (χ0) is 19.1. The van der Waals surface area contributed by atoms with Gasteiger partial charge in [-0.05, 0) is 48.2 Å². The fraction of sp³-hybridized carbons (Fsp3) is 0.143. The van der Waals surface area contributed by atoms with Gasteiger partial charge in [-0.15, -0.1) is 11.3 Å². The molecule has 0 aliphatic carbocycles. The second-order valence-corrected chi connectivity index (χ2v) is 7.02. The molecule has 3 amide bonds. The fourth-order valence-corrected chi connectivity index (χ4v) is 3.33. The predicted molar refractivity (Wildman–Crippen MR) is 111 cm³/mol. The van der Waals surface area contributed by atoms with Crippen LogP contribution in [0, 0.1) is 0 Å². The number of anilines is 2. The molecule has 3 aromatic rings. The lowest BCUT2D eigenvalue weighted by Crippen LogP contribution is -2.30. The fourth-order valence-electron chi connectivity index (χ4n) is 2.62. The largest absolute Gasteiger partial charge is 0.338 e. The van der Waals surface area contributed by atoms with Crippen molar-refractivity contribution in [1.82, 2.24) is 5.32 Å². The number of amides is 3. The quantitative estimate of drug-likeness (QED) is 0.667. The molecule has 0 spiro atoms. The highest BCUT2D eigenvalue weighted by molar-refractivity contribution is 7.09. The molecular weight excluding hydrogens is 358 g/mol. The Morgan fingerprint density at radius 2 is 1.81 bits per heavy atom. The van der Waals surface area contributed by atoms with Crippen LogP contribution in [-0.2, 0) is 6.42 Å². The highest BCUT2D eigenvalue weighted by atomic mass is 32.1. The molecule has 0 aliphatic heterocycles. The zero-order valence-electron chi connectivity index (χ0n) is 15.0. The van der Waals surface area contributed by atoms with E-state index < -0.39 is 0 Å². The Kier molecular flexibility index (Phi) is 6.22. The Morgan fingerprint density at radius 3 is 2.56 bits per heavy atom. The average molecular weight is 379 g/mol. The molecular formula is C21H21N3O2S. The minimum atomic E-state index is -0.285. The zero-order valence-corrected chi connectivity index (χ0v) is 15.8. The highest BCUT2D eigenvalue weighted by Gasteiger charge is 2.14. The van der Waals surface area contributed by atoms with Gasteiger partial charge in [0.2, 0.25) is 0 Å². The van der Waals surface area contributed by atoms with Crippen LogP contribution in [0.15, 0.2) is 72.1 Å². The van der Waals surface area contributed by atoms with Gasteiger partial charge in [0.15, 0.2) is 0 Å². The van der Waals surface area contributed by atoms with Crippen LogP contribution in [0.4, 0.5) is 16.2 Å². The first-order chi connectivity index (χ1) is 13.1. The van der Waals surface area contributed by atoms with E-state index >= 15 is 0 Å². The number of thiophene rings is 1. The van der Waals surface area contributed by atoms with Gasteiger partial charge in [-0.25, -0.2) is 4.79 Å². The van der Waals surface area contributed by atoms with Crippen LogP contribution in [0.2, 0.25) is 0 Å². The van der Waals surface area contributed by atoms with E-state index in [9.17, 15) is 9.59 Å². The van der Waals surface area contributed by atoms with E-state index in [1.165, 1.54) is 4.88 Å². The SMILES string of the molecule is CN(C(=O)c1cccc(NC(=O)NCCc2cccs2)c1)c1ccccc1. The topological polar surface area (TPSA) is 61.4 Å². The molecule has 0 atom stereocenters. The molecule has 0 aliphatic rings. The molecule has 2 N–H and O–H groups in total. The number of nitrogens with zero attached hydrogens (tertiary/aromatic N) is 1. The van der Waals surface area contributed by atoms with Crippen LogP contribution < -0.4 is 15.5 Å². The number of carbonyl (C=O) groups excluding carboxylic acids is 2. The summed E-state index contributed by atoms with van der Waals surface area (Å²) in [5.74, 6) is -0.136. The number of hydrogen-bond acceptors (Lipinski definition) is 3. The van der Waals surface area contributed by atoms with Crippen molar-refractivity contribution in [3.8, 4) is 0 Å². The lowest BCUT2D eigenvalue weighted by atomic mass is 10.1. The van der Waals surface area contributed by atoms with E-state index in [1.54, 1.807) is 47.5 Å². The summed E-state index contributed by atoms with van der Waals surface area (Å²) in [6, 6.07) is 20.1. The predicted octanol–water partition coefficient (Wildman–Crippen LogP) is 4.39. The van der Waals surface area contributed by atoms with Crippen LogP contribution in [0.25, 0.3) is 0 Å². The molecule has 1 aromatic heterocycles. The van der Waals surface area contributed by atoms with E-state index in [2.05, 4.69) is 10.6 Å². The van der Waals surface area contributed by atoms with E-state index in [0.717, 1.165) is 12.1 Å². The molecule has 3 rings (SSSR count). The Bertz CT molecular complexity index is 895. The summed E-state index contributed by atoms with van der Waals surface area (Å²) in [5, 5.41) is 7.62. The van der Waals surface area contributed by atoms with E-state index in [0.29, 0.717) is 17.8 Å². The van der Waals surface area contributed by atoms with E-state index in [-0.39, 0.29) is 11.9 Å². The number of urea groups is 1. The van der Waals surface area contributed by atoms with Crippen LogP contribution in [0.3, 0.4) is 0 Å². The molecule has 0 radical (unpaired) electrons. The minimum absolute atomic E-state index is 0.136. The lowest BCUT2D eigenvalue weighted by Gasteiger charge is -2.17. The lowest BCUT2D eigenvalue weighted by molar-refractivity contribution is 0.0993. The van der Waals surface area contributed by atoms with Gasteiger partial charge in [-0.1, -0.05) is 30.3 Å². The average Bonchev–Trinajstić information content (AvgIpc) is 3.21. The number of para-hydroxylation sites is 1. The van der Waals surface area contributed by atoms with Crippen LogP contribution in [0.1, 0.15) is 15.2 Å². The van der Waals surface area contributed by atoms with Crippen molar-refractivity contribution < 1.29 is 9.59 Å². The Morgan fingerprint density at radius 1 is 1.00 bits per heavy atom. The molecule has 27 heavy (non-hydrogen) atoms. The third-order valence-electron chi connectivity index (χ3n) is 4.05. The maximum absolute atomic E-state index is 12.7. The van der Waals surface area contributed by atoms with Gasteiger partial charge >= 0.3 is 6.03 Å². The first-order valence-corrected chi connectivity index (χ1v) is 9.52. The van der Waals surface area contributed by atoms with Crippen LogP contribution in [0.5, 0.6) is 0 Å². The van der Waals surface area contributed by atoms with Crippen molar-refractivity contribution in [2.45, 2.75) is 6.42 Å². The van der Waals surface area contributed by atoms with Crippen molar-refractivity contribution in [2.24, 2.45) is 0 Å². The van der Waals surface area contributed by atoms with Crippen molar-refractivity contribution in [1.29, 1.82) is 0 Å². The monoisotopic (exact) mass is 379 g/mol. The van der Waals surface area contributed by atoms with Gasteiger partial charge in [-0.3, -0.25) is 4.79 Å². The molecule has 0 saturated heterocycles. The summed E-state index contributed by atoms with van der Waals surface area (Å²) < 4.78 is 0. The normalized spacial score (nSPS) is 10.3. The minimum Gasteiger partial charge on any atom is -0.338 e. The van der Waals surface area contributed by atoms with Gasteiger partial charge in [-0.2, -0.15) is 0 Å². The van der Waals surface area contributed by atoms with Gasteiger partial charge in [0.25, 0.3) is 5.91 Å². The number of carbonyl (C=O) groups is 2. The molecule has 138 valence electrons. The number of nitrogens with one attached hydrogen (secondary N) is 2. The number of benzene rings is 2. The standard InChI is InChI=1S/C21H21N3O2S/c1-24(18-9-3-2-4-10-18)20(25)16-7-5-8-17(15-16)23-21(26)22-13-12-19-11-6-14-27-19/h2-11,14-15H,12-13H2,1H3,(H2,22,23,26). The molecule has 6 heteroatoms. The molecule has 2 aromatic carbocycles. The van der Waals surface area contributed by atoms with Crippen molar-refractivity contribution in [3.05, 3.63) is 82.6 Å². The second-order valence-electron chi connectivity index (χ2n) is 5.99. The number of hydrogen-bond donors (Lipinski definition) is 2. The summed E-state index contributed by atoms with van der Waals surface area (Å²) in [4.78, 5) is 27.6. The maximum Gasteiger partial charge on any atom is 0.319 e. The third-order valence-corrected chi connectivity index (χ3v) is 4.99. The van der Waals surface area contributed by atoms with Crippen molar-refractivity contribution in [2.75, 3.05) is 23.8 Å². The van der Waals surface area contributed by atoms with Gasteiger partial charge in [0.05, 0.1) is 0 Å². The maximum atomic E-state index is 12.7. The highest BCUT2D eigenvalue weighted by Crippen LogP contribution is 2.17. The first-order valence-electron chi connectivity index (χ1n) is 8.64. The third kappa shape index (κ3) is 5.18. The van der Waals surface area contributed by atoms with Crippen LogP contribution in [-0.4, -0.2) is 25.5 Å². The van der Waals surface area contributed by atoms with Gasteiger partial charge in [0.1, 0.15) is 0 Å². The Hall–Kier alpha value is -3.12. The first kappa shape index (κ1) is 18.7. The molecule has 5 nitrogen and oxygen atoms in total. The van der Waals surface area contributed by atoms with E-state index in [1.807, 2.05) is 47.8 Å². The number of rotatable bonds is 6. The molecule has 0 bridgehead atoms. The van der Waals surface area contributed by atoms with Crippen molar-refractivity contribution >= 4 is 34.6 Å². The molecule has 0 saturated carbocycles. The summed E-state index contributed by atoms with van der Waals surface area (Å²) in [7, 11) is 1.73. The van der Waals surface area contributed by atoms with Gasteiger partial charge in [0, 0.05) is 35.4 Å². The summed E-state index contributed by atoms with van der Waals surface area (Å²) in [6.07, 6.45) is 0.797. The summed E-state index contributed by atoms with van der Waals surface area (Å²) >= 11 is 1.67. The van der Waals surface area contributed by atoms with Gasteiger partial charge < -0.3 is 15.5 Å². The van der Waals surface area contributed by atoms with E-state index in [4.69, 9.17) is 0 Å². The van der Waals surface area contributed by atoms with Crippen molar-refractivity contribution in [3.63, 3.8) is 0 Å². The molecule has 0 unspecified atom stereocenters. The molecule has 0 fully saturated rings. The summed E-state index contributed by atoms with van der Waals surface area (Å²) in [5.41, 5.74) is 1.90. The molecule has 1 heterocycles. The Balaban J connectivity index is 1.58. The second kappa shape index (κ2) is 9.00. The summed E-state index contributed by atoms with van der Waals surface area (Å²) in [6.45, 7) is 0.557. The van der Waals surface area contributed by atoms with Crippen LogP contribution >= 0.6 is 11.3 Å².